The molecule has 3 aromatic rings. The van der Waals surface area contributed by atoms with Gasteiger partial charge in [0.25, 0.3) is 0 Å². The van der Waals surface area contributed by atoms with Gasteiger partial charge in [-0.15, -0.1) is 11.8 Å². The summed E-state index contributed by atoms with van der Waals surface area (Å²) in [4.78, 5) is 25.1. The molecule has 4 rings (SSSR count). The van der Waals surface area contributed by atoms with Crippen molar-refractivity contribution in [3.63, 3.8) is 0 Å². The lowest BCUT2D eigenvalue weighted by Crippen LogP contribution is -2.46. The van der Waals surface area contributed by atoms with Crippen LogP contribution in [0.4, 0.5) is 8.78 Å². The van der Waals surface area contributed by atoms with Crippen molar-refractivity contribution in [2.75, 3.05) is 26.0 Å². The molecule has 1 aliphatic heterocycles. The number of carbonyl (C=O) groups excluding carboxylic acids is 1. The van der Waals surface area contributed by atoms with Crippen LogP contribution in [0.2, 0.25) is 0 Å². The molecular formula is C29H29F2NO5S. The quantitative estimate of drug-likeness (QED) is 0.242. The number of benzene rings is 3. The molecule has 0 saturated carbocycles. The van der Waals surface area contributed by atoms with Gasteiger partial charge in [0.15, 0.2) is 17.4 Å². The zero-order valence-electron chi connectivity index (χ0n) is 20.9. The van der Waals surface area contributed by atoms with Gasteiger partial charge in [-0.1, -0.05) is 30.3 Å². The number of hydrogen-bond donors (Lipinski definition) is 2. The van der Waals surface area contributed by atoms with Crippen molar-refractivity contribution in [3.8, 4) is 16.9 Å². The van der Waals surface area contributed by atoms with Gasteiger partial charge in [-0.2, -0.15) is 0 Å². The Balaban J connectivity index is 1.44. The summed E-state index contributed by atoms with van der Waals surface area (Å²) in [5.41, 5.74) is 2.61. The smallest absolute Gasteiger partial charge is 0.317 e. The van der Waals surface area contributed by atoms with Crippen LogP contribution >= 0.6 is 11.8 Å². The van der Waals surface area contributed by atoms with Crippen LogP contribution in [-0.2, 0) is 16.1 Å². The average Bonchev–Trinajstić information content (AvgIpc) is 2.94. The molecule has 0 bridgehead atoms. The summed E-state index contributed by atoms with van der Waals surface area (Å²) in [6.07, 6.45) is 3.18. The normalized spacial score (nSPS) is 14.7. The third-order valence-electron chi connectivity index (χ3n) is 6.52. The van der Waals surface area contributed by atoms with Crippen molar-refractivity contribution in [2.45, 2.75) is 30.4 Å². The van der Waals surface area contributed by atoms with E-state index in [2.05, 4.69) is 5.32 Å². The van der Waals surface area contributed by atoms with Crippen molar-refractivity contribution in [1.29, 1.82) is 0 Å². The SMILES string of the molecule is CSc1cc(F)c(F)cc1-c1ccc(OCc2cccc(C(=O)C(NCC(=O)O)C3CCOCC3)c2)cc1. The summed E-state index contributed by atoms with van der Waals surface area (Å²) in [6.45, 7) is 1.01. The molecule has 0 aliphatic carbocycles. The van der Waals surface area contributed by atoms with E-state index in [9.17, 15) is 18.4 Å². The number of rotatable bonds is 11. The largest absolute Gasteiger partial charge is 0.489 e. The number of aliphatic carboxylic acids is 1. The van der Waals surface area contributed by atoms with Crippen LogP contribution < -0.4 is 10.1 Å². The molecule has 0 amide bonds. The highest BCUT2D eigenvalue weighted by Crippen LogP contribution is 2.33. The Morgan fingerprint density at radius 2 is 1.79 bits per heavy atom. The Bertz CT molecular complexity index is 1280. The van der Waals surface area contributed by atoms with Gasteiger partial charge in [-0.05, 0) is 72.0 Å². The second-order valence-corrected chi connectivity index (χ2v) is 9.89. The fourth-order valence-corrected chi connectivity index (χ4v) is 5.15. The van der Waals surface area contributed by atoms with Gasteiger partial charge in [0.2, 0.25) is 0 Å². The summed E-state index contributed by atoms with van der Waals surface area (Å²) in [7, 11) is 0. The maximum atomic E-state index is 13.8. The minimum atomic E-state index is -1.02. The number of ether oxygens (including phenoxy) is 2. The molecule has 6 nitrogen and oxygen atoms in total. The Morgan fingerprint density at radius 3 is 2.47 bits per heavy atom. The van der Waals surface area contributed by atoms with Gasteiger partial charge < -0.3 is 14.6 Å². The van der Waals surface area contributed by atoms with Gasteiger partial charge in [0, 0.05) is 23.7 Å². The monoisotopic (exact) mass is 541 g/mol. The fourth-order valence-electron chi connectivity index (χ4n) is 4.53. The van der Waals surface area contributed by atoms with Crippen LogP contribution in [0.5, 0.6) is 5.75 Å². The van der Waals surface area contributed by atoms with Crippen molar-refractivity contribution >= 4 is 23.5 Å². The van der Waals surface area contributed by atoms with Crippen LogP contribution in [0.15, 0.2) is 65.6 Å². The van der Waals surface area contributed by atoms with Crippen LogP contribution in [-0.4, -0.2) is 48.9 Å². The number of Topliss-reactive ketones (excluding diaryl/α,β-unsaturated/α-hetero) is 1. The number of carbonyl (C=O) groups is 2. The van der Waals surface area contributed by atoms with Crippen molar-refractivity contribution < 1.29 is 33.0 Å². The van der Waals surface area contributed by atoms with Gasteiger partial charge in [0.05, 0.1) is 12.6 Å². The second-order valence-electron chi connectivity index (χ2n) is 9.05. The molecule has 38 heavy (non-hydrogen) atoms. The summed E-state index contributed by atoms with van der Waals surface area (Å²) in [6, 6.07) is 16.0. The molecule has 1 saturated heterocycles. The number of carboxylic acids is 1. The number of ketones is 1. The predicted octanol–water partition coefficient (Wildman–Crippen LogP) is 5.58. The maximum absolute atomic E-state index is 13.8. The predicted molar refractivity (Wildman–Crippen MR) is 142 cm³/mol. The lowest BCUT2D eigenvalue weighted by atomic mass is 9.86. The number of halogens is 2. The van der Waals surface area contributed by atoms with E-state index in [4.69, 9.17) is 14.6 Å². The van der Waals surface area contributed by atoms with Crippen molar-refractivity contribution in [2.24, 2.45) is 5.92 Å². The standard InChI is InChI=1S/C29H29F2NO5S/c1-38-26-15-25(31)24(30)14-23(26)19-5-7-22(8-6-19)37-17-18-3-2-4-21(13-18)29(35)28(32-16-27(33)34)20-9-11-36-12-10-20/h2-8,13-15,20,28,32H,9-12,16-17H2,1H3,(H,33,34). The van der Waals surface area contributed by atoms with E-state index in [1.165, 1.54) is 23.9 Å². The molecule has 2 N–H and O–H groups in total. The van der Waals surface area contributed by atoms with E-state index in [1.54, 1.807) is 48.7 Å². The second kappa shape index (κ2) is 13.0. The first-order valence-corrected chi connectivity index (χ1v) is 13.5. The molecule has 1 heterocycles. The lowest BCUT2D eigenvalue weighted by Gasteiger charge is -2.30. The third-order valence-corrected chi connectivity index (χ3v) is 7.30. The summed E-state index contributed by atoms with van der Waals surface area (Å²) < 4.78 is 38.8. The zero-order chi connectivity index (χ0) is 27.1. The van der Waals surface area contributed by atoms with E-state index in [1.807, 2.05) is 6.07 Å². The van der Waals surface area contributed by atoms with E-state index in [0.29, 0.717) is 47.8 Å². The minimum Gasteiger partial charge on any atom is -0.489 e. The molecule has 3 aromatic carbocycles. The van der Waals surface area contributed by atoms with Crippen LogP contribution in [0.1, 0.15) is 28.8 Å². The third kappa shape index (κ3) is 6.98. The molecule has 0 aromatic heterocycles. The Labute approximate surface area is 224 Å². The first-order chi connectivity index (χ1) is 18.4. The maximum Gasteiger partial charge on any atom is 0.317 e. The number of nitrogens with one attached hydrogen (secondary N) is 1. The Hall–Kier alpha value is -3.27. The molecule has 9 heteroatoms. The fraction of sp³-hybridized carbons (Fsp3) is 0.310. The Morgan fingerprint density at radius 1 is 1.08 bits per heavy atom. The minimum absolute atomic E-state index is 0.00442. The topological polar surface area (TPSA) is 84.9 Å². The average molecular weight is 542 g/mol. The van der Waals surface area contributed by atoms with Gasteiger partial charge in [-0.3, -0.25) is 14.9 Å². The van der Waals surface area contributed by atoms with Crippen molar-refractivity contribution in [3.05, 3.63) is 83.4 Å². The Kier molecular flexibility index (Phi) is 9.49. The number of hydrogen-bond acceptors (Lipinski definition) is 6. The summed E-state index contributed by atoms with van der Waals surface area (Å²) >= 11 is 1.34. The molecule has 1 atom stereocenters. The van der Waals surface area contributed by atoms with E-state index >= 15 is 0 Å². The highest BCUT2D eigenvalue weighted by Gasteiger charge is 2.30. The van der Waals surface area contributed by atoms with Crippen LogP contribution in [0, 0.1) is 17.6 Å². The molecule has 1 fully saturated rings. The summed E-state index contributed by atoms with van der Waals surface area (Å²) in [5, 5.41) is 12.0. The molecule has 0 spiro atoms. The van der Waals surface area contributed by atoms with Crippen LogP contribution in [0.25, 0.3) is 11.1 Å². The molecule has 0 radical (unpaired) electrons. The van der Waals surface area contributed by atoms with E-state index in [0.717, 1.165) is 11.1 Å². The highest BCUT2D eigenvalue weighted by molar-refractivity contribution is 7.98. The first kappa shape index (κ1) is 27.8. The number of carboxylic acid groups (broad SMARTS) is 1. The van der Waals surface area contributed by atoms with Crippen LogP contribution in [0.3, 0.4) is 0 Å². The molecule has 1 aliphatic rings. The number of thioether (sulfide) groups is 1. The van der Waals surface area contributed by atoms with E-state index < -0.39 is 23.6 Å². The highest BCUT2D eigenvalue weighted by atomic mass is 32.2. The van der Waals surface area contributed by atoms with Crippen molar-refractivity contribution in [1.82, 2.24) is 5.32 Å². The summed E-state index contributed by atoms with van der Waals surface area (Å²) in [5.74, 6) is -2.37. The zero-order valence-corrected chi connectivity index (χ0v) is 21.7. The molecular weight excluding hydrogens is 512 g/mol. The molecule has 200 valence electrons. The van der Waals surface area contributed by atoms with Gasteiger partial charge in [-0.25, -0.2) is 8.78 Å². The van der Waals surface area contributed by atoms with Gasteiger partial charge in [0.1, 0.15) is 12.4 Å². The van der Waals surface area contributed by atoms with Gasteiger partial charge >= 0.3 is 5.97 Å². The lowest BCUT2D eigenvalue weighted by molar-refractivity contribution is -0.136. The molecule has 1 unspecified atom stereocenters. The first-order valence-electron chi connectivity index (χ1n) is 12.3. The van der Waals surface area contributed by atoms with E-state index in [-0.39, 0.29) is 24.9 Å².